The van der Waals surface area contributed by atoms with Crippen LogP contribution in [0.3, 0.4) is 0 Å². The highest BCUT2D eigenvalue weighted by atomic mass is 32.2. The van der Waals surface area contributed by atoms with E-state index in [1.165, 1.54) is 18.2 Å². The largest absolute Gasteiger partial charge is 0.376 e. The fraction of sp³-hybridized carbons (Fsp3) is 0.615. The average molecular weight is 506 g/mol. The SMILES string of the molecule is CC(C)(C)CC(=O)N(Cc1cnc(S(=O)(=O)Cc2ccccc2F)n1CC1CCCO1)CC1CC1. The lowest BCUT2D eigenvalue weighted by molar-refractivity contribution is -0.134. The molecule has 2 aromatic rings. The second kappa shape index (κ2) is 10.4. The lowest BCUT2D eigenvalue weighted by atomic mass is 9.91. The molecule has 2 heterocycles. The fourth-order valence-corrected chi connectivity index (χ4v) is 5.98. The highest BCUT2D eigenvalue weighted by molar-refractivity contribution is 7.90. The summed E-state index contributed by atoms with van der Waals surface area (Å²) >= 11 is 0. The maximum absolute atomic E-state index is 14.2. The Hall–Kier alpha value is -2.26. The first-order valence-corrected chi connectivity index (χ1v) is 14.1. The van der Waals surface area contributed by atoms with E-state index in [1.807, 2.05) is 25.7 Å². The van der Waals surface area contributed by atoms with Gasteiger partial charge in [0.2, 0.25) is 20.9 Å². The number of halogens is 1. The molecule has 7 nitrogen and oxygen atoms in total. The Kier molecular flexibility index (Phi) is 7.66. The van der Waals surface area contributed by atoms with Crippen LogP contribution >= 0.6 is 0 Å². The van der Waals surface area contributed by atoms with Crippen LogP contribution in [0.1, 0.15) is 64.1 Å². The van der Waals surface area contributed by atoms with Crippen molar-refractivity contribution < 1.29 is 22.3 Å². The third kappa shape index (κ3) is 6.91. The fourth-order valence-electron chi connectivity index (χ4n) is 4.47. The van der Waals surface area contributed by atoms with Crippen LogP contribution in [0.5, 0.6) is 0 Å². The summed E-state index contributed by atoms with van der Waals surface area (Å²) < 4.78 is 48.5. The lowest BCUT2D eigenvalue weighted by Crippen LogP contribution is -2.36. The number of carbonyl (C=O) groups excluding carboxylic acids is 1. The minimum Gasteiger partial charge on any atom is -0.376 e. The first-order chi connectivity index (χ1) is 16.5. The van der Waals surface area contributed by atoms with Gasteiger partial charge in [-0.2, -0.15) is 0 Å². The molecule has 35 heavy (non-hydrogen) atoms. The van der Waals surface area contributed by atoms with Crippen LogP contribution in [0.25, 0.3) is 0 Å². The zero-order valence-corrected chi connectivity index (χ0v) is 21.7. The summed E-state index contributed by atoms with van der Waals surface area (Å²) in [4.78, 5) is 19.3. The van der Waals surface area contributed by atoms with Gasteiger partial charge in [-0.15, -0.1) is 0 Å². The van der Waals surface area contributed by atoms with Crippen molar-refractivity contribution in [3.8, 4) is 0 Å². The minimum atomic E-state index is -3.93. The van der Waals surface area contributed by atoms with Gasteiger partial charge in [0.25, 0.3) is 0 Å². The quantitative estimate of drug-likeness (QED) is 0.480. The number of amides is 1. The Morgan fingerprint density at radius 2 is 1.97 bits per heavy atom. The Morgan fingerprint density at radius 3 is 2.60 bits per heavy atom. The Balaban J connectivity index is 1.64. The number of nitrogens with zero attached hydrogens (tertiary/aromatic N) is 3. The van der Waals surface area contributed by atoms with Gasteiger partial charge < -0.3 is 14.2 Å². The van der Waals surface area contributed by atoms with E-state index in [9.17, 15) is 17.6 Å². The van der Waals surface area contributed by atoms with E-state index in [-0.39, 0.29) is 28.1 Å². The van der Waals surface area contributed by atoms with Crippen LogP contribution < -0.4 is 0 Å². The van der Waals surface area contributed by atoms with E-state index in [0.717, 1.165) is 25.7 Å². The molecule has 192 valence electrons. The molecule has 0 bridgehead atoms. The molecule has 0 N–H and O–H groups in total. The number of sulfone groups is 1. The first-order valence-electron chi connectivity index (χ1n) is 12.4. The molecule has 1 amide bonds. The number of benzene rings is 1. The van der Waals surface area contributed by atoms with Crippen molar-refractivity contribution in [2.24, 2.45) is 11.3 Å². The van der Waals surface area contributed by atoms with Gasteiger partial charge in [-0.3, -0.25) is 4.79 Å². The second-order valence-corrected chi connectivity index (χ2v) is 13.0. The van der Waals surface area contributed by atoms with E-state index in [2.05, 4.69) is 4.98 Å². The Labute approximate surface area is 207 Å². The zero-order chi connectivity index (χ0) is 25.2. The van der Waals surface area contributed by atoms with Gasteiger partial charge in [-0.25, -0.2) is 17.8 Å². The van der Waals surface area contributed by atoms with Gasteiger partial charge in [0.05, 0.1) is 36.8 Å². The van der Waals surface area contributed by atoms with Gasteiger partial charge >= 0.3 is 0 Å². The van der Waals surface area contributed by atoms with Crippen LogP contribution in [0.15, 0.2) is 35.6 Å². The molecule has 1 saturated carbocycles. The second-order valence-electron chi connectivity index (χ2n) is 11.1. The molecule has 1 saturated heterocycles. The normalized spacial score (nSPS) is 18.7. The van der Waals surface area contributed by atoms with E-state index >= 15 is 0 Å². The molecule has 1 aliphatic carbocycles. The predicted octanol–water partition coefficient (Wildman–Crippen LogP) is 4.35. The van der Waals surface area contributed by atoms with Crippen molar-refractivity contribution in [2.75, 3.05) is 13.2 Å². The number of imidazole rings is 1. The highest BCUT2D eigenvalue weighted by Crippen LogP contribution is 2.32. The molecular weight excluding hydrogens is 469 g/mol. The molecule has 1 atom stereocenters. The molecule has 0 radical (unpaired) electrons. The number of carbonyl (C=O) groups is 1. The number of rotatable bonds is 10. The summed E-state index contributed by atoms with van der Waals surface area (Å²) in [7, 11) is -3.93. The van der Waals surface area contributed by atoms with Crippen molar-refractivity contribution in [1.82, 2.24) is 14.5 Å². The van der Waals surface area contributed by atoms with Crippen LogP contribution in [0, 0.1) is 17.2 Å². The van der Waals surface area contributed by atoms with Crippen LogP contribution in [-0.4, -0.2) is 48.0 Å². The molecular formula is C26H36FN3O4S. The molecule has 9 heteroatoms. The van der Waals surface area contributed by atoms with Crippen molar-refractivity contribution in [1.29, 1.82) is 0 Å². The standard InChI is InChI=1S/C26H36FN3O4S/c1-26(2,3)13-24(31)29(15-19-10-11-19)16-21-14-28-25(30(21)17-22-8-6-12-34-22)35(32,33)18-20-7-4-5-9-23(20)27/h4-5,7,9,14,19,22H,6,8,10-13,15-18H2,1-3H3. The highest BCUT2D eigenvalue weighted by Gasteiger charge is 2.32. The average Bonchev–Trinajstić information content (AvgIpc) is 3.25. The Morgan fingerprint density at radius 1 is 1.23 bits per heavy atom. The van der Waals surface area contributed by atoms with Crippen LogP contribution in [0.2, 0.25) is 0 Å². The maximum atomic E-state index is 14.2. The van der Waals surface area contributed by atoms with Crippen molar-refractivity contribution in [3.05, 3.63) is 47.5 Å². The van der Waals surface area contributed by atoms with E-state index in [1.54, 1.807) is 16.8 Å². The van der Waals surface area contributed by atoms with Crippen molar-refractivity contribution in [2.45, 2.75) is 83.0 Å². The molecule has 1 aliphatic heterocycles. The summed E-state index contributed by atoms with van der Waals surface area (Å²) in [6.45, 7) is 8.05. The number of hydrogen-bond donors (Lipinski definition) is 0. The van der Waals surface area contributed by atoms with E-state index < -0.39 is 21.4 Å². The molecule has 2 fully saturated rings. The Bertz CT molecular complexity index is 1150. The van der Waals surface area contributed by atoms with Gasteiger partial charge in [0.1, 0.15) is 5.82 Å². The van der Waals surface area contributed by atoms with Crippen molar-refractivity contribution in [3.63, 3.8) is 0 Å². The molecule has 1 unspecified atom stereocenters. The number of hydrogen-bond acceptors (Lipinski definition) is 5. The smallest absolute Gasteiger partial charge is 0.228 e. The molecule has 4 rings (SSSR count). The monoisotopic (exact) mass is 505 g/mol. The first kappa shape index (κ1) is 25.8. The summed E-state index contributed by atoms with van der Waals surface area (Å²) in [5.74, 6) is -0.476. The predicted molar refractivity (Wildman–Crippen MR) is 131 cm³/mol. The van der Waals surface area contributed by atoms with Gasteiger partial charge in [0, 0.05) is 25.1 Å². The maximum Gasteiger partial charge on any atom is 0.228 e. The van der Waals surface area contributed by atoms with Gasteiger partial charge in [-0.1, -0.05) is 39.0 Å². The molecule has 1 aromatic heterocycles. The van der Waals surface area contributed by atoms with E-state index in [0.29, 0.717) is 44.3 Å². The molecule has 0 spiro atoms. The third-order valence-electron chi connectivity index (χ3n) is 6.46. The lowest BCUT2D eigenvalue weighted by Gasteiger charge is -2.27. The van der Waals surface area contributed by atoms with Gasteiger partial charge in [-0.05, 0) is 43.1 Å². The summed E-state index contributed by atoms with van der Waals surface area (Å²) in [5, 5.41) is -0.0964. The topological polar surface area (TPSA) is 81.5 Å². The molecule has 1 aromatic carbocycles. The third-order valence-corrected chi connectivity index (χ3v) is 8.03. The van der Waals surface area contributed by atoms with Crippen LogP contribution in [0.4, 0.5) is 4.39 Å². The zero-order valence-electron chi connectivity index (χ0n) is 20.9. The number of ether oxygens (including phenoxy) is 1. The minimum absolute atomic E-state index is 0.0602. The van der Waals surface area contributed by atoms with Crippen LogP contribution in [-0.2, 0) is 38.2 Å². The summed E-state index contributed by atoms with van der Waals surface area (Å²) in [6.07, 6.45) is 5.81. The summed E-state index contributed by atoms with van der Waals surface area (Å²) in [5.41, 5.74) is 0.623. The van der Waals surface area contributed by atoms with Gasteiger partial charge in [0.15, 0.2) is 0 Å². The summed E-state index contributed by atoms with van der Waals surface area (Å²) in [6, 6.07) is 5.88. The molecule has 2 aliphatic rings. The van der Waals surface area contributed by atoms with E-state index in [4.69, 9.17) is 4.74 Å². The number of aromatic nitrogens is 2. The van der Waals surface area contributed by atoms with Crippen molar-refractivity contribution >= 4 is 15.7 Å².